The average molecular weight is 494 g/mol. The van der Waals surface area contributed by atoms with Gasteiger partial charge in [0.15, 0.2) is 17.2 Å². The van der Waals surface area contributed by atoms with Crippen LogP contribution in [0.3, 0.4) is 0 Å². The van der Waals surface area contributed by atoms with E-state index in [0.717, 1.165) is 11.0 Å². The zero-order valence-corrected chi connectivity index (χ0v) is 21.2. The number of carbonyl (C=O) groups is 2. The van der Waals surface area contributed by atoms with E-state index < -0.39 is 39.7 Å². The summed E-state index contributed by atoms with van der Waals surface area (Å²) < 4.78 is 26.9. The molecule has 1 fully saturated rings. The van der Waals surface area contributed by atoms with Crippen molar-refractivity contribution in [3.8, 4) is 17.6 Å². The number of methoxy groups -OCH3 is 2. The van der Waals surface area contributed by atoms with Crippen LogP contribution in [0.25, 0.3) is 0 Å². The second-order valence-electron chi connectivity index (χ2n) is 10.0. The van der Waals surface area contributed by atoms with Crippen molar-refractivity contribution in [3.63, 3.8) is 0 Å². The summed E-state index contributed by atoms with van der Waals surface area (Å²) >= 11 is 0. The van der Waals surface area contributed by atoms with Crippen LogP contribution in [-0.4, -0.2) is 54.7 Å². The maximum atomic E-state index is 13.4. The molecule has 0 aromatic heterocycles. The lowest BCUT2D eigenvalue weighted by molar-refractivity contribution is -0.384. The minimum Gasteiger partial charge on any atom is -0.493 e. The largest absolute Gasteiger partial charge is 0.509 e. The Balaban J connectivity index is 2.67. The van der Waals surface area contributed by atoms with Crippen LogP contribution in [0.5, 0.6) is 11.5 Å². The Kier molecular flexibility index (Phi) is 7.74. The van der Waals surface area contributed by atoms with Crippen LogP contribution < -0.4 is 14.4 Å². The molecule has 0 spiro atoms. The van der Waals surface area contributed by atoms with Gasteiger partial charge in [0, 0.05) is 6.07 Å². The molecule has 0 heterocycles. The molecule has 1 aromatic rings. The highest BCUT2D eigenvalue weighted by Gasteiger charge is 2.52. The molecule has 0 radical (unpaired) electrons. The van der Waals surface area contributed by atoms with E-state index in [1.54, 1.807) is 47.6 Å². The third kappa shape index (κ3) is 6.88. The molecule has 1 amide bonds. The van der Waals surface area contributed by atoms with Crippen LogP contribution in [0, 0.1) is 21.4 Å². The van der Waals surface area contributed by atoms with Gasteiger partial charge < -0.3 is 23.7 Å². The third-order valence-electron chi connectivity index (χ3n) is 4.75. The number of carbonyl (C=O) groups excluding carboxylic acids is 2. The van der Waals surface area contributed by atoms with Crippen molar-refractivity contribution in [2.45, 2.75) is 71.2 Å². The first-order valence-electron chi connectivity index (χ1n) is 10.8. The standard InChI is InChI=1S/C23H31N3O9/c1-21(2,3)33-19(27)25(13-23(9-10-23)35-20(28)34-22(4,5)6)17-16(26(29)30)14(12-24)11-15(31-7)18(17)32-8/h11H,9-10,13H2,1-8H3. The molecule has 35 heavy (non-hydrogen) atoms. The van der Waals surface area contributed by atoms with E-state index in [2.05, 4.69) is 0 Å². The molecular weight excluding hydrogens is 462 g/mol. The summed E-state index contributed by atoms with van der Waals surface area (Å²) in [5.41, 5.74) is -4.32. The molecule has 2 rings (SSSR count). The Labute approximate surface area is 203 Å². The Morgan fingerprint density at radius 1 is 1.11 bits per heavy atom. The molecule has 0 saturated heterocycles. The van der Waals surface area contributed by atoms with Gasteiger partial charge in [-0.25, -0.2) is 9.59 Å². The maximum absolute atomic E-state index is 13.4. The summed E-state index contributed by atoms with van der Waals surface area (Å²) in [6.07, 6.45) is -1.16. The molecule has 1 aliphatic carbocycles. The Hall–Kier alpha value is -3.75. The van der Waals surface area contributed by atoms with Crippen molar-refractivity contribution < 1.29 is 38.2 Å². The first-order chi connectivity index (χ1) is 16.1. The lowest BCUT2D eigenvalue weighted by atomic mass is 10.1. The molecule has 0 atom stereocenters. The zero-order valence-electron chi connectivity index (χ0n) is 21.2. The van der Waals surface area contributed by atoms with Gasteiger partial charge in [0.25, 0.3) is 0 Å². The molecule has 12 nitrogen and oxygen atoms in total. The van der Waals surface area contributed by atoms with E-state index in [4.69, 9.17) is 23.7 Å². The number of nitriles is 1. The summed E-state index contributed by atoms with van der Waals surface area (Å²) in [5, 5.41) is 21.7. The minimum absolute atomic E-state index is 0.00360. The summed E-state index contributed by atoms with van der Waals surface area (Å²) in [5.74, 6) is -0.159. The highest BCUT2D eigenvalue weighted by molar-refractivity contribution is 5.96. The molecule has 192 valence electrons. The molecule has 12 heteroatoms. The molecule has 1 aromatic carbocycles. The second-order valence-corrected chi connectivity index (χ2v) is 10.0. The number of nitrogens with zero attached hydrogens (tertiary/aromatic N) is 3. The highest BCUT2D eigenvalue weighted by atomic mass is 16.7. The van der Waals surface area contributed by atoms with Crippen molar-refractivity contribution in [2.24, 2.45) is 0 Å². The topological polar surface area (TPSA) is 150 Å². The van der Waals surface area contributed by atoms with Gasteiger partial charge in [0.2, 0.25) is 0 Å². The average Bonchev–Trinajstić information content (AvgIpc) is 3.46. The summed E-state index contributed by atoms with van der Waals surface area (Å²) in [6.45, 7) is 9.61. The van der Waals surface area contributed by atoms with Crippen molar-refractivity contribution in [3.05, 3.63) is 21.7 Å². The van der Waals surface area contributed by atoms with Crippen LogP contribution >= 0.6 is 0 Å². The normalized spacial score (nSPS) is 14.3. The minimum atomic E-state index is -1.17. The van der Waals surface area contributed by atoms with Crippen LogP contribution in [-0.2, 0) is 14.2 Å². The molecule has 1 saturated carbocycles. The Morgan fingerprint density at radius 3 is 2.09 bits per heavy atom. The van der Waals surface area contributed by atoms with Crippen molar-refractivity contribution in [1.29, 1.82) is 5.26 Å². The van der Waals surface area contributed by atoms with Gasteiger partial charge in [-0.05, 0) is 54.4 Å². The fourth-order valence-electron chi connectivity index (χ4n) is 3.21. The highest BCUT2D eigenvalue weighted by Crippen LogP contribution is 2.49. The zero-order chi connectivity index (χ0) is 26.8. The molecular formula is C23H31N3O9. The molecule has 0 N–H and O–H groups in total. The summed E-state index contributed by atoms with van der Waals surface area (Å²) in [7, 11) is 2.54. The van der Waals surface area contributed by atoms with Gasteiger partial charge in [-0.15, -0.1) is 0 Å². The van der Waals surface area contributed by atoms with Crippen molar-refractivity contribution >= 4 is 23.6 Å². The maximum Gasteiger partial charge on any atom is 0.509 e. The van der Waals surface area contributed by atoms with Crippen molar-refractivity contribution in [2.75, 3.05) is 25.7 Å². The van der Waals surface area contributed by atoms with Crippen LogP contribution in [0.1, 0.15) is 59.9 Å². The Bertz CT molecular complexity index is 1040. The lowest BCUT2D eigenvalue weighted by Gasteiger charge is -2.31. The van der Waals surface area contributed by atoms with E-state index in [-0.39, 0.29) is 29.3 Å². The number of nitro groups is 1. The van der Waals surface area contributed by atoms with Gasteiger partial charge in [0.05, 0.1) is 25.7 Å². The predicted octanol–water partition coefficient (Wildman–Crippen LogP) is 4.71. The smallest absolute Gasteiger partial charge is 0.493 e. The van der Waals surface area contributed by atoms with Crippen LogP contribution in [0.2, 0.25) is 0 Å². The fraction of sp³-hybridized carbons (Fsp3) is 0.609. The third-order valence-corrected chi connectivity index (χ3v) is 4.75. The number of anilines is 1. The lowest BCUT2D eigenvalue weighted by Crippen LogP contribution is -2.44. The van der Waals surface area contributed by atoms with Gasteiger partial charge >= 0.3 is 17.9 Å². The van der Waals surface area contributed by atoms with E-state index in [1.807, 2.05) is 0 Å². The second kappa shape index (κ2) is 9.85. The van der Waals surface area contributed by atoms with Gasteiger partial charge in [-0.2, -0.15) is 5.26 Å². The number of amides is 1. The monoisotopic (exact) mass is 493 g/mol. The molecule has 0 aliphatic heterocycles. The number of rotatable bonds is 7. The van der Waals surface area contributed by atoms with Crippen molar-refractivity contribution in [1.82, 2.24) is 0 Å². The number of benzene rings is 1. The number of nitro benzene ring substituents is 1. The summed E-state index contributed by atoms with van der Waals surface area (Å²) in [4.78, 5) is 37.9. The number of hydrogen-bond donors (Lipinski definition) is 0. The van der Waals surface area contributed by atoms with Crippen LogP contribution in [0.15, 0.2) is 6.07 Å². The predicted molar refractivity (Wildman–Crippen MR) is 124 cm³/mol. The molecule has 0 bridgehead atoms. The van der Waals surface area contributed by atoms with Crippen LogP contribution in [0.4, 0.5) is 21.0 Å². The van der Waals surface area contributed by atoms with E-state index >= 15 is 0 Å². The van der Waals surface area contributed by atoms with E-state index in [9.17, 15) is 25.0 Å². The first-order valence-corrected chi connectivity index (χ1v) is 10.8. The van der Waals surface area contributed by atoms with Gasteiger partial charge in [-0.3, -0.25) is 15.0 Å². The molecule has 0 unspecified atom stereocenters. The Morgan fingerprint density at radius 2 is 1.69 bits per heavy atom. The number of hydrogen-bond acceptors (Lipinski definition) is 10. The van der Waals surface area contributed by atoms with Gasteiger partial charge in [0.1, 0.15) is 28.4 Å². The SMILES string of the molecule is COc1cc(C#N)c([N+](=O)[O-])c(N(CC2(OC(=O)OC(C)(C)C)CC2)C(=O)OC(C)(C)C)c1OC. The first kappa shape index (κ1) is 27.5. The van der Waals surface area contributed by atoms with Gasteiger partial charge in [-0.1, -0.05) is 0 Å². The van der Waals surface area contributed by atoms with E-state index in [0.29, 0.717) is 12.8 Å². The number of ether oxygens (including phenoxy) is 5. The quantitative estimate of drug-likeness (QED) is 0.297. The summed E-state index contributed by atoms with van der Waals surface area (Å²) in [6, 6.07) is 2.91. The van der Waals surface area contributed by atoms with E-state index in [1.165, 1.54) is 14.2 Å². The molecule has 1 aliphatic rings. The fourth-order valence-corrected chi connectivity index (χ4v) is 3.21.